The number of carbonyl (C=O) groups excluding carboxylic acids is 1. The average molecular weight is 471 g/mol. The third-order valence-electron chi connectivity index (χ3n) is 4.84. The summed E-state index contributed by atoms with van der Waals surface area (Å²) in [6, 6.07) is 15.9. The van der Waals surface area contributed by atoms with Crippen molar-refractivity contribution in [2.45, 2.75) is 61.7 Å². The highest BCUT2D eigenvalue weighted by atomic mass is 32.2. The summed E-state index contributed by atoms with van der Waals surface area (Å²) >= 11 is 3.21. The van der Waals surface area contributed by atoms with Gasteiger partial charge >= 0.3 is 0 Å². The summed E-state index contributed by atoms with van der Waals surface area (Å²) in [6.07, 6.45) is 0.692. The second kappa shape index (κ2) is 12.0. The van der Waals surface area contributed by atoms with Gasteiger partial charge in [-0.3, -0.25) is 4.79 Å². The fourth-order valence-electron chi connectivity index (χ4n) is 3.09. The minimum Gasteiger partial charge on any atom is -0.494 e. The molecule has 3 rings (SSSR count). The lowest BCUT2D eigenvalue weighted by atomic mass is 10.2. The number of rotatable bonds is 11. The van der Waals surface area contributed by atoms with Crippen molar-refractivity contribution in [1.29, 1.82) is 0 Å². The molecule has 2 aromatic carbocycles. The molecule has 0 aliphatic carbocycles. The lowest BCUT2D eigenvalue weighted by Crippen LogP contribution is -2.25. The Hall–Kier alpha value is -2.45. The van der Waals surface area contributed by atoms with Crippen LogP contribution in [0.2, 0.25) is 0 Å². The maximum Gasteiger partial charge on any atom is 0.237 e. The van der Waals surface area contributed by atoms with E-state index in [-0.39, 0.29) is 11.2 Å². The van der Waals surface area contributed by atoms with Gasteiger partial charge in [-0.1, -0.05) is 36.4 Å². The van der Waals surface area contributed by atoms with Gasteiger partial charge in [-0.2, -0.15) is 0 Å². The van der Waals surface area contributed by atoms with Crippen LogP contribution in [-0.4, -0.2) is 32.5 Å². The Balaban J connectivity index is 1.63. The van der Waals surface area contributed by atoms with Crippen LogP contribution in [0.1, 0.15) is 38.6 Å². The quantitative estimate of drug-likeness (QED) is 0.357. The average Bonchev–Trinajstić information content (AvgIpc) is 3.19. The molecule has 1 heterocycles. The van der Waals surface area contributed by atoms with Gasteiger partial charge in [0.2, 0.25) is 5.91 Å². The van der Waals surface area contributed by atoms with Crippen LogP contribution in [0.3, 0.4) is 0 Å². The molecule has 8 heteroatoms. The van der Waals surface area contributed by atoms with Gasteiger partial charge in [-0.15, -0.1) is 22.0 Å². The minimum atomic E-state index is -0.256. The van der Waals surface area contributed by atoms with E-state index in [4.69, 9.17) is 4.74 Å². The van der Waals surface area contributed by atoms with Crippen LogP contribution in [0.4, 0.5) is 5.69 Å². The van der Waals surface area contributed by atoms with E-state index in [2.05, 4.69) is 58.2 Å². The monoisotopic (exact) mass is 470 g/mol. The largest absolute Gasteiger partial charge is 0.494 e. The number of carbonyl (C=O) groups is 1. The fourth-order valence-corrected chi connectivity index (χ4v) is 4.96. The predicted octanol–water partition coefficient (Wildman–Crippen LogP) is 5.81. The van der Waals surface area contributed by atoms with E-state index < -0.39 is 0 Å². The van der Waals surface area contributed by atoms with Crippen LogP contribution >= 0.6 is 23.5 Å². The van der Waals surface area contributed by atoms with Crippen LogP contribution < -0.4 is 10.1 Å². The molecule has 32 heavy (non-hydrogen) atoms. The van der Waals surface area contributed by atoms with Crippen LogP contribution in [0, 0.1) is 6.92 Å². The zero-order chi connectivity index (χ0) is 22.9. The molecule has 1 unspecified atom stereocenters. The van der Waals surface area contributed by atoms with E-state index in [0.29, 0.717) is 13.0 Å². The number of anilines is 1. The van der Waals surface area contributed by atoms with Crippen molar-refractivity contribution >= 4 is 35.1 Å². The normalized spacial score (nSPS) is 11.9. The number of nitrogens with one attached hydrogen (secondary N) is 1. The molecule has 0 bridgehead atoms. The Morgan fingerprint density at radius 3 is 2.41 bits per heavy atom. The molecule has 0 radical (unpaired) electrons. The SMILES string of the molecule is CCOc1ccc(NC(=O)C(CC)Sc2nnc(CSc3ccc(C)cc3)n2CC)cc1. The van der Waals surface area contributed by atoms with E-state index >= 15 is 0 Å². The Kier molecular flexibility index (Phi) is 9.05. The molecule has 1 N–H and O–H groups in total. The minimum absolute atomic E-state index is 0.0390. The summed E-state index contributed by atoms with van der Waals surface area (Å²) in [5, 5.41) is 12.3. The maximum atomic E-state index is 12.9. The van der Waals surface area contributed by atoms with Crippen molar-refractivity contribution in [3.05, 3.63) is 59.9 Å². The first kappa shape index (κ1) is 24.2. The third-order valence-corrected chi connectivity index (χ3v) is 7.20. The molecule has 1 amide bonds. The zero-order valence-corrected chi connectivity index (χ0v) is 20.6. The van der Waals surface area contributed by atoms with Crippen LogP contribution in [0.25, 0.3) is 0 Å². The number of nitrogens with zero attached hydrogens (tertiary/aromatic N) is 3. The standard InChI is InChI=1S/C24H30N4O2S2/c1-5-21(23(29)25-18-10-12-19(13-11-18)30-7-3)32-24-27-26-22(28(24)6-2)16-31-20-14-8-17(4)9-15-20/h8-15,21H,5-7,16H2,1-4H3,(H,25,29). The zero-order valence-electron chi connectivity index (χ0n) is 19.0. The number of hydrogen-bond donors (Lipinski definition) is 1. The van der Waals surface area contributed by atoms with Crippen molar-refractivity contribution in [3.63, 3.8) is 0 Å². The first-order valence-corrected chi connectivity index (χ1v) is 12.7. The maximum absolute atomic E-state index is 12.9. The third kappa shape index (κ3) is 6.53. The fraction of sp³-hybridized carbons (Fsp3) is 0.375. The molecule has 3 aromatic rings. The van der Waals surface area contributed by atoms with Crippen molar-refractivity contribution in [3.8, 4) is 5.75 Å². The number of ether oxygens (including phenoxy) is 1. The van der Waals surface area contributed by atoms with Crippen molar-refractivity contribution in [2.24, 2.45) is 0 Å². The smallest absolute Gasteiger partial charge is 0.237 e. The van der Waals surface area contributed by atoms with Crippen LogP contribution in [0.5, 0.6) is 5.75 Å². The molecule has 6 nitrogen and oxygen atoms in total. The Morgan fingerprint density at radius 2 is 1.78 bits per heavy atom. The highest BCUT2D eigenvalue weighted by molar-refractivity contribution is 8.00. The molecule has 0 aliphatic heterocycles. The number of thioether (sulfide) groups is 2. The molecule has 1 aromatic heterocycles. The molecule has 1 atom stereocenters. The second-order valence-electron chi connectivity index (χ2n) is 7.21. The molecule has 0 fully saturated rings. The molecule has 0 aliphatic rings. The van der Waals surface area contributed by atoms with Gasteiger partial charge in [0.15, 0.2) is 5.16 Å². The van der Waals surface area contributed by atoms with Crippen LogP contribution in [-0.2, 0) is 17.1 Å². The molecule has 170 valence electrons. The highest BCUT2D eigenvalue weighted by Gasteiger charge is 2.22. The summed E-state index contributed by atoms with van der Waals surface area (Å²) in [7, 11) is 0. The summed E-state index contributed by atoms with van der Waals surface area (Å²) < 4.78 is 7.55. The number of aromatic nitrogens is 3. The number of amides is 1. The summed E-state index contributed by atoms with van der Waals surface area (Å²) in [6.45, 7) is 9.49. The van der Waals surface area contributed by atoms with E-state index in [9.17, 15) is 4.79 Å². The first-order chi connectivity index (χ1) is 15.5. The Morgan fingerprint density at radius 1 is 1.06 bits per heavy atom. The summed E-state index contributed by atoms with van der Waals surface area (Å²) in [5.74, 6) is 2.41. The molecule has 0 saturated carbocycles. The number of benzene rings is 2. The van der Waals surface area contributed by atoms with Gasteiger partial charge in [0.1, 0.15) is 11.6 Å². The lowest BCUT2D eigenvalue weighted by molar-refractivity contribution is -0.115. The molecule has 0 spiro atoms. The second-order valence-corrected chi connectivity index (χ2v) is 9.42. The van der Waals surface area contributed by atoms with Gasteiger partial charge in [0.05, 0.1) is 17.6 Å². The molecule has 0 saturated heterocycles. The topological polar surface area (TPSA) is 69.0 Å². The van der Waals surface area contributed by atoms with Crippen molar-refractivity contribution < 1.29 is 9.53 Å². The Bertz CT molecular complexity index is 1000. The van der Waals surface area contributed by atoms with Gasteiger partial charge in [-0.05, 0) is 63.6 Å². The summed E-state index contributed by atoms with van der Waals surface area (Å²) in [4.78, 5) is 14.1. The van der Waals surface area contributed by atoms with E-state index in [1.807, 2.05) is 38.1 Å². The van der Waals surface area contributed by atoms with Gasteiger partial charge in [0, 0.05) is 17.1 Å². The first-order valence-electron chi connectivity index (χ1n) is 10.9. The number of aryl methyl sites for hydroxylation is 1. The summed E-state index contributed by atoms with van der Waals surface area (Å²) in [5.41, 5.74) is 2.00. The van der Waals surface area contributed by atoms with Gasteiger partial charge < -0.3 is 14.6 Å². The van der Waals surface area contributed by atoms with Crippen molar-refractivity contribution in [1.82, 2.24) is 14.8 Å². The molecular formula is C24H30N4O2S2. The highest BCUT2D eigenvalue weighted by Crippen LogP contribution is 2.29. The Labute approximate surface area is 198 Å². The van der Waals surface area contributed by atoms with Gasteiger partial charge in [-0.25, -0.2) is 0 Å². The van der Waals surface area contributed by atoms with E-state index in [0.717, 1.165) is 34.7 Å². The van der Waals surface area contributed by atoms with E-state index in [1.165, 1.54) is 22.2 Å². The van der Waals surface area contributed by atoms with Crippen LogP contribution in [0.15, 0.2) is 58.6 Å². The van der Waals surface area contributed by atoms with Crippen molar-refractivity contribution in [2.75, 3.05) is 11.9 Å². The predicted molar refractivity (Wildman–Crippen MR) is 133 cm³/mol. The van der Waals surface area contributed by atoms with Gasteiger partial charge in [0.25, 0.3) is 0 Å². The number of hydrogen-bond acceptors (Lipinski definition) is 6. The molecular weight excluding hydrogens is 440 g/mol. The lowest BCUT2D eigenvalue weighted by Gasteiger charge is -2.15. The van der Waals surface area contributed by atoms with E-state index in [1.54, 1.807) is 11.8 Å².